The van der Waals surface area contributed by atoms with Crippen LogP contribution in [0, 0.1) is 6.92 Å². The summed E-state index contributed by atoms with van der Waals surface area (Å²) in [5, 5.41) is 6.68. The Morgan fingerprint density at radius 3 is 2.38 bits per heavy atom. The fourth-order valence-corrected chi connectivity index (χ4v) is 3.05. The number of nitrogens with zero attached hydrogens (tertiary/aromatic N) is 4. The third kappa shape index (κ3) is 5.20. The molecule has 1 N–H and O–H groups in total. The van der Waals surface area contributed by atoms with Crippen LogP contribution in [0.5, 0.6) is 0 Å². The van der Waals surface area contributed by atoms with Gasteiger partial charge in [0.05, 0.1) is 0 Å². The van der Waals surface area contributed by atoms with E-state index in [1.54, 1.807) is 23.1 Å². The van der Waals surface area contributed by atoms with Crippen LogP contribution in [-0.2, 0) is 17.5 Å². The van der Waals surface area contributed by atoms with Crippen molar-refractivity contribution in [3.63, 3.8) is 0 Å². The zero-order valence-electron chi connectivity index (χ0n) is 15.5. The summed E-state index contributed by atoms with van der Waals surface area (Å²) in [5.41, 5.74) is 0.433. The van der Waals surface area contributed by atoms with E-state index in [2.05, 4.69) is 10.4 Å². The maximum absolute atomic E-state index is 12.6. The molecule has 156 valence electrons. The molecule has 1 aliphatic heterocycles. The van der Waals surface area contributed by atoms with Crippen molar-refractivity contribution in [1.29, 1.82) is 0 Å². The van der Waals surface area contributed by atoms with Gasteiger partial charge in [-0.05, 0) is 30.7 Å². The van der Waals surface area contributed by atoms with E-state index in [-0.39, 0.29) is 31.6 Å². The van der Waals surface area contributed by atoms with E-state index in [0.717, 1.165) is 22.5 Å². The molecule has 3 rings (SSSR count). The molecule has 0 spiro atoms. The molecule has 11 heteroatoms. The van der Waals surface area contributed by atoms with Crippen molar-refractivity contribution >= 4 is 29.2 Å². The summed E-state index contributed by atoms with van der Waals surface area (Å²) in [4.78, 5) is 27.8. The van der Waals surface area contributed by atoms with Gasteiger partial charge in [-0.3, -0.25) is 9.48 Å². The van der Waals surface area contributed by atoms with E-state index < -0.39 is 11.9 Å². The summed E-state index contributed by atoms with van der Waals surface area (Å²) in [6, 6.07) is 5.73. The third-order valence-corrected chi connectivity index (χ3v) is 4.98. The number of aromatic nitrogens is 2. The first-order chi connectivity index (χ1) is 13.6. The van der Waals surface area contributed by atoms with Gasteiger partial charge in [-0.25, -0.2) is 4.79 Å². The molecule has 2 heterocycles. The first-order valence-electron chi connectivity index (χ1n) is 8.84. The van der Waals surface area contributed by atoms with E-state index in [0.29, 0.717) is 23.8 Å². The van der Waals surface area contributed by atoms with Gasteiger partial charge in [-0.15, -0.1) is 0 Å². The fourth-order valence-electron chi connectivity index (χ4n) is 2.87. The molecule has 0 radical (unpaired) electrons. The van der Waals surface area contributed by atoms with Crippen LogP contribution in [0.25, 0.3) is 0 Å². The van der Waals surface area contributed by atoms with Crippen molar-refractivity contribution in [2.45, 2.75) is 19.6 Å². The van der Waals surface area contributed by atoms with Crippen LogP contribution in [0.1, 0.15) is 11.3 Å². The Kier molecular flexibility index (Phi) is 6.02. The number of piperazine rings is 1. The molecule has 0 bridgehead atoms. The molecule has 0 unspecified atom stereocenters. The van der Waals surface area contributed by atoms with Crippen molar-refractivity contribution in [1.82, 2.24) is 19.6 Å². The summed E-state index contributed by atoms with van der Waals surface area (Å²) in [7, 11) is 0. The molecule has 3 amide bonds. The van der Waals surface area contributed by atoms with Crippen LogP contribution in [0.4, 0.5) is 23.7 Å². The van der Waals surface area contributed by atoms with Crippen LogP contribution in [0.15, 0.2) is 30.5 Å². The molecule has 1 aliphatic rings. The summed E-state index contributed by atoms with van der Waals surface area (Å²) in [5.74, 6) is -0.354. The van der Waals surface area contributed by atoms with Crippen molar-refractivity contribution in [2.24, 2.45) is 0 Å². The van der Waals surface area contributed by atoms with Crippen molar-refractivity contribution in [3.8, 4) is 0 Å². The molecule has 1 aromatic heterocycles. The topological polar surface area (TPSA) is 70.5 Å². The Hall–Kier alpha value is -2.75. The Morgan fingerprint density at radius 2 is 1.79 bits per heavy atom. The maximum Gasteiger partial charge on any atom is 0.435 e. The van der Waals surface area contributed by atoms with E-state index in [1.165, 1.54) is 4.90 Å². The quantitative estimate of drug-likeness (QED) is 0.814. The smallest absolute Gasteiger partial charge is 0.338 e. The van der Waals surface area contributed by atoms with Crippen LogP contribution in [0.2, 0.25) is 5.02 Å². The van der Waals surface area contributed by atoms with Crippen LogP contribution >= 0.6 is 11.6 Å². The Labute approximate surface area is 170 Å². The van der Waals surface area contributed by atoms with Gasteiger partial charge in [-0.1, -0.05) is 17.7 Å². The van der Waals surface area contributed by atoms with E-state index >= 15 is 0 Å². The Morgan fingerprint density at radius 1 is 1.14 bits per heavy atom. The minimum absolute atomic E-state index is 0.286. The van der Waals surface area contributed by atoms with E-state index in [9.17, 15) is 22.8 Å². The first kappa shape index (κ1) is 21.0. The van der Waals surface area contributed by atoms with Gasteiger partial charge >= 0.3 is 12.2 Å². The molecule has 7 nitrogen and oxygen atoms in total. The van der Waals surface area contributed by atoms with Crippen molar-refractivity contribution < 1.29 is 22.8 Å². The van der Waals surface area contributed by atoms with Crippen LogP contribution < -0.4 is 5.32 Å². The lowest BCUT2D eigenvalue weighted by molar-refractivity contribution is -0.142. The number of anilines is 1. The summed E-state index contributed by atoms with van der Waals surface area (Å²) < 4.78 is 38.7. The monoisotopic (exact) mass is 429 g/mol. The number of amides is 3. The normalized spacial score (nSPS) is 14.8. The summed E-state index contributed by atoms with van der Waals surface area (Å²) >= 11 is 6.05. The average Bonchev–Trinajstić information content (AvgIpc) is 3.14. The number of halogens is 4. The number of hydrogen-bond donors (Lipinski definition) is 1. The minimum atomic E-state index is -4.55. The number of carbonyl (C=O) groups excluding carboxylic acids is 2. The molecule has 1 saturated heterocycles. The summed E-state index contributed by atoms with van der Waals surface area (Å²) in [6.45, 7) is 2.76. The lowest BCUT2D eigenvalue weighted by Gasteiger charge is -2.34. The third-order valence-electron chi connectivity index (χ3n) is 4.57. The SMILES string of the molecule is Cc1ccc(NC(=O)N2CCN(C(=O)Cn3ccc(C(F)(F)F)n3)CC2)cc1Cl. The predicted octanol–water partition coefficient (Wildman–Crippen LogP) is 3.24. The summed E-state index contributed by atoms with van der Waals surface area (Å²) in [6.07, 6.45) is -3.42. The van der Waals surface area contributed by atoms with E-state index in [1.807, 2.05) is 6.92 Å². The zero-order valence-corrected chi connectivity index (χ0v) is 16.3. The van der Waals surface area contributed by atoms with Gasteiger partial charge in [-0.2, -0.15) is 18.3 Å². The van der Waals surface area contributed by atoms with Gasteiger partial charge in [0.15, 0.2) is 5.69 Å². The molecule has 0 aliphatic carbocycles. The fraction of sp³-hybridized carbons (Fsp3) is 0.389. The highest BCUT2D eigenvalue weighted by Crippen LogP contribution is 2.27. The maximum atomic E-state index is 12.6. The molecule has 29 heavy (non-hydrogen) atoms. The highest BCUT2D eigenvalue weighted by atomic mass is 35.5. The highest BCUT2D eigenvalue weighted by Gasteiger charge is 2.34. The highest BCUT2D eigenvalue weighted by molar-refractivity contribution is 6.31. The number of hydrogen-bond acceptors (Lipinski definition) is 3. The van der Waals surface area contributed by atoms with Gasteiger partial charge in [0.1, 0.15) is 6.54 Å². The number of benzene rings is 1. The number of carbonyl (C=O) groups is 2. The molecule has 0 saturated carbocycles. The standard InChI is InChI=1S/C18H19ClF3N5O2/c1-12-2-3-13(10-14(12)19)23-17(29)26-8-6-25(7-9-26)16(28)11-27-5-4-15(24-27)18(20,21)22/h2-5,10H,6-9,11H2,1H3,(H,23,29). The minimum Gasteiger partial charge on any atom is -0.338 e. The van der Waals surface area contributed by atoms with Crippen molar-refractivity contribution in [2.75, 3.05) is 31.5 Å². The second-order valence-electron chi connectivity index (χ2n) is 6.66. The molecule has 1 fully saturated rings. The number of alkyl halides is 3. The largest absolute Gasteiger partial charge is 0.435 e. The zero-order chi connectivity index (χ0) is 21.2. The molecule has 2 aromatic rings. The number of urea groups is 1. The van der Waals surface area contributed by atoms with Gasteiger partial charge < -0.3 is 15.1 Å². The second-order valence-corrected chi connectivity index (χ2v) is 7.07. The Bertz CT molecular complexity index is 907. The molecule has 0 atom stereocenters. The Balaban J connectivity index is 1.50. The number of aryl methyl sites for hydroxylation is 1. The van der Waals surface area contributed by atoms with Crippen LogP contribution in [-0.4, -0.2) is 57.7 Å². The van der Waals surface area contributed by atoms with Gasteiger partial charge in [0.25, 0.3) is 0 Å². The molecule has 1 aromatic carbocycles. The average molecular weight is 430 g/mol. The first-order valence-corrected chi connectivity index (χ1v) is 9.22. The predicted molar refractivity (Wildman–Crippen MR) is 101 cm³/mol. The molecular formula is C18H19ClF3N5O2. The van der Waals surface area contributed by atoms with Gasteiger partial charge in [0.2, 0.25) is 5.91 Å². The number of nitrogens with one attached hydrogen (secondary N) is 1. The van der Waals surface area contributed by atoms with Crippen LogP contribution in [0.3, 0.4) is 0 Å². The van der Waals surface area contributed by atoms with Gasteiger partial charge in [0, 0.05) is 43.1 Å². The number of rotatable bonds is 3. The lowest BCUT2D eigenvalue weighted by Crippen LogP contribution is -2.52. The lowest BCUT2D eigenvalue weighted by atomic mass is 10.2. The van der Waals surface area contributed by atoms with Crippen molar-refractivity contribution in [3.05, 3.63) is 46.7 Å². The second kappa shape index (κ2) is 8.32. The molecular weight excluding hydrogens is 411 g/mol. The van der Waals surface area contributed by atoms with E-state index in [4.69, 9.17) is 11.6 Å².